The van der Waals surface area contributed by atoms with E-state index < -0.39 is 0 Å². The first-order valence-corrected chi connectivity index (χ1v) is 6.45. The van der Waals surface area contributed by atoms with Gasteiger partial charge in [-0.15, -0.1) is 12.4 Å². The normalized spacial score (nSPS) is 10.4. The van der Waals surface area contributed by atoms with Gasteiger partial charge in [0, 0.05) is 16.6 Å². The molecule has 0 saturated heterocycles. The molecule has 1 nitrogen and oxygen atoms in total. The van der Waals surface area contributed by atoms with Crippen molar-refractivity contribution in [3.8, 4) is 0 Å². The Balaban J connectivity index is 0.00000133. The number of hydrogen-bond donors (Lipinski definition) is 1. The Morgan fingerprint density at radius 1 is 0.842 bits per heavy atom. The fourth-order valence-electron chi connectivity index (χ4n) is 2.50. The summed E-state index contributed by atoms with van der Waals surface area (Å²) in [5.74, 6) is 0. The second-order valence-corrected chi connectivity index (χ2v) is 4.76. The molecule has 0 aliphatic heterocycles. The summed E-state index contributed by atoms with van der Waals surface area (Å²) in [7, 11) is 0. The molecule has 98 valence electrons. The quantitative estimate of drug-likeness (QED) is 0.712. The Kier molecular flexibility index (Phi) is 4.28. The number of H-pyrrole nitrogens is 1. The van der Waals surface area contributed by atoms with Crippen LogP contribution in [-0.4, -0.2) is 4.98 Å². The molecule has 0 aliphatic rings. The van der Waals surface area contributed by atoms with Gasteiger partial charge in [-0.25, -0.2) is 0 Å². The number of fused-ring (bicyclic) bond motifs is 1. The van der Waals surface area contributed by atoms with Gasteiger partial charge in [0.15, 0.2) is 0 Å². The zero-order valence-electron chi connectivity index (χ0n) is 11.0. The van der Waals surface area contributed by atoms with Crippen LogP contribution < -0.4 is 0 Å². The van der Waals surface area contributed by atoms with E-state index >= 15 is 0 Å². The highest BCUT2D eigenvalue weighted by atomic mass is 35.5. The Bertz CT molecular complexity index is 655. The summed E-state index contributed by atoms with van der Waals surface area (Å²) in [6.45, 7) is 2.21. The Hall–Kier alpha value is -1.73. The van der Waals surface area contributed by atoms with E-state index in [-0.39, 0.29) is 12.4 Å². The lowest BCUT2D eigenvalue weighted by Crippen LogP contribution is -1.93. The molecular weight excluding hydrogens is 254 g/mol. The SMILES string of the molecule is Cc1c(CCc2ccccc2)[nH]c2ccccc12.Cl. The third-order valence-electron chi connectivity index (χ3n) is 3.58. The van der Waals surface area contributed by atoms with Crippen molar-refractivity contribution in [1.82, 2.24) is 4.98 Å². The van der Waals surface area contributed by atoms with Crippen LogP contribution in [0.15, 0.2) is 54.6 Å². The molecule has 0 aliphatic carbocycles. The number of hydrogen-bond acceptors (Lipinski definition) is 0. The van der Waals surface area contributed by atoms with Crippen LogP contribution >= 0.6 is 12.4 Å². The first-order chi connectivity index (χ1) is 8.84. The van der Waals surface area contributed by atoms with Gasteiger partial charge >= 0.3 is 0 Å². The van der Waals surface area contributed by atoms with Gasteiger partial charge in [0.1, 0.15) is 0 Å². The molecule has 0 atom stereocenters. The van der Waals surface area contributed by atoms with Crippen molar-refractivity contribution in [2.75, 3.05) is 0 Å². The van der Waals surface area contributed by atoms with Gasteiger partial charge in [0.05, 0.1) is 0 Å². The smallest absolute Gasteiger partial charge is 0.0458 e. The molecule has 0 radical (unpaired) electrons. The second kappa shape index (κ2) is 5.94. The first-order valence-electron chi connectivity index (χ1n) is 6.45. The number of benzene rings is 2. The molecule has 2 aromatic carbocycles. The molecule has 0 fully saturated rings. The van der Waals surface area contributed by atoms with E-state index in [0.29, 0.717) is 0 Å². The standard InChI is InChI=1S/C17H17N.ClH/c1-13-15-9-5-6-10-17(15)18-16(13)12-11-14-7-3-2-4-8-14;/h2-10,18H,11-12H2,1H3;1H. The molecule has 3 aromatic rings. The molecule has 0 saturated carbocycles. The van der Waals surface area contributed by atoms with Crippen molar-refractivity contribution in [2.45, 2.75) is 19.8 Å². The van der Waals surface area contributed by atoms with Crippen molar-refractivity contribution in [3.63, 3.8) is 0 Å². The minimum atomic E-state index is 0. The summed E-state index contributed by atoms with van der Waals surface area (Å²) < 4.78 is 0. The third kappa shape index (κ3) is 2.82. The molecule has 0 spiro atoms. The van der Waals surface area contributed by atoms with Crippen LogP contribution in [0, 0.1) is 6.92 Å². The van der Waals surface area contributed by atoms with Gasteiger partial charge in [0.25, 0.3) is 0 Å². The highest BCUT2D eigenvalue weighted by Crippen LogP contribution is 2.22. The number of aryl methyl sites for hydroxylation is 3. The molecule has 19 heavy (non-hydrogen) atoms. The van der Waals surface area contributed by atoms with Crippen LogP contribution in [-0.2, 0) is 12.8 Å². The molecule has 2 heteroatoms. The number of aromatic amines is 1. The molecule has 3 rings (SSSR count). The van der Waals surface area contributed by atoms with E-state index in [1.807, 2.05) is 0 Å². The fraction of sp³-hybridized carbons (Fsp3) is 0.176. The van der Waals surface area contributed by atoms with Gasteiger partial charge < -0.3 is 4.98 Å². The number of nitrogens with one attached hydrogen (secondary N) is 1. The van der Waals surface area contributed by atoms with E-state index in [1.165, 1.54) is 27.7 Å². The molecule has 0 unspecified atom stereocenters. The highest BCUT2D eigenvalue weighted by molar-refractivity contribution is 5.85. The van der Waals surface area contributed by atoms with E-state index in [0.717, 1.165) is 12.8 Å². The van der Waals surface area contributed by atoms with E-state index in [4.69, 9.17) is 0 Å². The fourth-order valence-corrected chi connectivity index (χ4v) is 2.50. The lowest BCUT2D eigenvalue weighted by molar-refractivity contribution is 0.920. The summed E-state index contributed by atoms with van der Waals surface area (Å²) >= 11 is 0. The minimum Gasteiger partial charge on any atom is -0.358 e. The Morgan fingerprint density at radius 2 is 1.53 bits per heavy atom. The van der Waals surface area contributed by atoms with Gasteiger partial charge in [-0.3, -0.25) is 0 Å². The first kappa shape index (κ1) is 13.7. The highest BCUT2D eigenvalue weighted by Gasteiger charge is 2.06. The van der Waals surface area contributed by atoms with Crippen molar-refractivity contribution >= 4 is 23.3 Å². The molecule has 1 N–H and O–H groups in total. The monoisotopic (exact) mass is 271 g/mol. The second-order valence-electron chi connectivity index (χ2n) is 4.76. The lowest BCUT2D eigenvalue weighted by Gasteiger charge is -2.01. The van der Waals surface area contributed by atoms with Gasteiger partial charge in [0.2, 0.25) is 0 Å². The van der Waals surface area contributed by atoms with Crippen LogP contribution in [0.1, 0.15) is 16.8 Å². The largest absolute Gasteiger partial charge is 0.358 e. The average molecular weight is 272 g/mol. The number of aromatic nitrogens is 1. The summed E-state index contributed by atoms with van der Waals surface area (Å²) in [5.41, 5.74) is 5.40. The minimum absolute atomic E-state index is 0. The maximum Gasteiger partial charge on any atom is 0.0458 e. The van der Waals surface area contributed by atoms with E-state index in [1.54, 1.807) is 0 Å². The molecular formula is C17H18ClN. The molecule has 1 heterocycles. The third-order valence-corrected chi connectivity index (χ3v) is 3.58. The van der Waals surface area contributed by atoms with Crippen molar-refractivity contribution in [2.24, 2.45) is 0 Å². The summed E-state index contributed by atoms with van der Waals surface area (Å²) in [4.78, 5) is 3.53. The number of halogens is 1. The van der Waals surface area contributed by atoms with Crippen LogP contribution in [0.5, 0.6) is 0 Å². The Labute approximate surface area is 120 Å². The van der Waals surface area contributed by atoms with E-state index in [9.17, 15) is 0 Å². The molecule has 0 bridgehead atoms. The lowest BCUT2D eigenvalue weighted by atomic mass is 10.1. The number of rotatable bonds is 3. The van der Waals surface area contributed by atoms with Crippen LogP contribution in [0.2, 0.25) is 0 Å². The molecule has 1 aromatic heterocycles. The maximum absolute atomic E-state index is 3.53. The maximum atomic E-state index is 3.53. The molecule has 0 amide bonds. The number of para-hydroxylation sites is 1. The van der Waals surface area contributed by atoms with Crippen LogP contribution in [0.4, 0.5) is 0 Å². The van der Waals surface area contributed by atoms with Gasteiger partial charge in [-0.2, -0.15) is 0 Å². The topological polar surface area (TPSA) is 15.8 Å². The average Bonchev–Trinajstić information content (AvgIpc) is 2.75. The predicted octanol–water partition coefficient (Wildman–Crippen LogP) is 4.68. The van der Waals surface area contributed by atoms with Crippen molar-refractivity contribution in [3.05, 3.63) is 71.4 Å². The summed E-state index contributed by atoms with van der Waals surface area (Å²) in [6.07, 6.45) is 2.17. The van der Waals surface area contributed by atoms with Gasteiger partial charge in [-0.1, -0.05) is 48.5 Å². The predicted molar refractivity (Wildman–Crippen MR) is 84.1 cm³/mol. The summed E-state index contributed by atoms with van der Waals surface area (Å²) in [6, 6.07) is 19.2. The Morgan fingerprint density at radius 3 is 2.26 bits per heavy atom. The zero-order chi connectivity index (χ0) is 12.4. The van der Waals surface area contributed by atoms with Crippen LogP contribution in [0.25, 0.3) is 10.9 Å². The van der Waals surface area contributed by atoms with Crippen LogP contribution in [0.3, 0.4) is 0 Å². The van der Waals surface area contributed by atoms with Crippen molar-refractivity contribution < 1.29 is 0 Å². The van der Waals surface area contributed by atoms with E-state index in [2.05, 4.69) is 66.5 Å². The van der Waals surface area contributed by atoms with Crippen molar-refractivity contribution in [1.29, 1.82) is 0 Å². The van der Waals surface area contributed by atoms with Gasteiger partial charge in [-0.05, 0) is 37.0 Å². The summed E-state index contributed by atoms with van der Waals surface area (Å²) in [5, 5.41) is 1.35. The zero-order valence-corrected chi connectivity index (χ0v) is 11.8.